The average Bonchev–Trinajstić information content (AvgIpc) is 3.06. The van der Waals surface area contributed by atoms with E-state index in [0.717, 1.165) is 37.1 Å². The Hall–Kier alpha value is -3.15. The van der Waals surface area contributed by atoms with Gasteiger partial charge in [-0.2, -0.15) is 0 Å². The molecule has 0 spiro atoms. The number of hydrogen-bond donors (Lipinski definition) is 0. The van der Waals surface area contributed by atoms with Gasteiger partial charge in [-0.3, -0.25) is 14.5 Å². The van der Waals surface area contributed by atoms with Crippen molar-refractivity contribution >= 4 is 23.4 Å². The van der Waals surface area contributed by atoms with E-state index in [4.69, 9.17) is 0 Å². The largest absolute Gasteiger partial charge is 0.335 e. The van der Waals surface area contributed by atoms with Crippen molar-refractivity contribution in [2.75, 3.05) is 25.5 Å². The topological polar surface area (TPSA) is 60.9 Å². The van der Waals surface area contributed by atoms with Crippen LogP contribution in [0, 0.1) is 10.8 Å². The van der Waals surface area contributed by atoms with Crippen LogP contribution in [0.5, 0.6) is 0 Å². The van der Waals surface area contributed by atoms with Crippen molar-refractivity contribution in [3.63, 3.8) is 0 Å². The van der Waals surface area contributed by atoms with Gasteiger partial charge in [0.25, 0.3) is 5.91 Å². The molecule has 1 aliphatic carbocycles. The van der Waals surface area contributed by atoms with Crippen molar-refractivity contribution in [3.05, 3.63) is 65.2 Å². The summed E-state index contributed by atoms with van der Waals surface area (Å²) in [5.41, 5.74) is 3.50. The molecule has 2 unspecified atom stereocenters. The summed E-state index contributed by atoms with van der Waals surface area (Å²) in [6.45, 7) is 9.74. The van der Waals surface area contributed by atoms with Crippen molar-refractivity contribution in [1.29, 1.82) is 0 Å². The predicted octanol–water partition coefficient (Wildman–Crippen LogP) is 5.62. The van der Waals surface area contributed by atoms with Gasteiger partial charge in [0, 0.05) is 50.0 Å². The molecule has 2 fully saturated rings. The number of carbonyl (C=O) groups excluding carboxylic acids is 3. The van der Waals surface area contributed by atoms with Crippen LogP contribution in [-0.4, -0.2) is 54.2 Å². The summed E-state index contributed by atoms with van der Waals surface area (Å²) in [5, 5.41) is 0. The SMILES string of the molecule is CC(=O)c1ccc(N(C)C(=O)N(C)Cc2ccc(C(=O)N3CC4(C)CC3CC(C)(C)C4)cc2)cc1. The van der Waals surface area contributed by atoms with E-state index in [2.05, 4.69) is 25.7 Å². The Kier molecular flexibility index (Phi) is 6.52. The number of carbonyl (C=O) groups is 3. The van der Waals surface area contributed by atoms with Crippen LogP contribution in [0.3, 0.4) is 0 Å². The van der Waals surface area contributed by atoms with Gasteiger partial charge in [-0.05, 0) is 79.0 Å². The van der Waals surface area contributed by atoms with Crippen LogP contribution in [-0.2, 0) is 6.54 Å². The number of hydrogen-bond acceptors (Lipinski definition) is 3. The van der Waals surface area contributed by atoms with Crippen LogP contribution in [0.4, 0.5) is 10.5 Å². The average molecular weight is 476 g/mol. The molecule has 2 bridgehead atoms. The molecular weight excluding hydrogens is 438 g/mol. The third-order valence-corrected chi connectivity index (χ3v) is 7.57. The molecule has 1 aliphatic heterocycles. The zero-order valence-electron chi connectivity index (χ0n) is 21.8. The summed E-state index contributed by atoms with van der Waals surface area (Å²) in [6.07, 6.45) is 3.32. The Labute approximate surface area is 208 Å². The van der Waals surface area contributed by atoms with Gasteiger partial charge >= 0.3 is 6.03 Å². The number of rotatable bonds is 5. The third-order valence-electron chi connectivity index (χ3n) is 7.57. The van der Waals surface area contributed by atoms with E-state index < -0.39 is 0 Å². The van der Waals surface area contributed by atoms with E-state index in [1.807, 2.05) is 24.3 Å². The van der Waals surface area contributed by atoms with Gasteiger partial charge in [-0.15, -0.1) is 0 Å². The number of amides is 3. The Morgan fingerprint density at radius 2 is 1.51 bits per heavy atom. The molecule has 35 heavy (non-hydrogen) atoms. The number of nitrogens with zero attached hydrogens (tertiary/aromatic N) is 3. The predicted molar refractivity (Wildman–Crippen MR) is 139 cm³/mol. The van der Waals surface area contributed by atoms with Crippen molar-refractivity contribution in [1.82, 2.24) is 9.80 Å². The first-order chi connectivity index (χ1) is 16.4. The summed E-state index contributed by atoms with van der Waals surface area (Å²) in [7, 11) is 3.48. The van der Waals surface area contributed by atoms with E-state index in [1.165, 1.54) is 6.92 Å². The molecule has 6 heteroatoms. The van der Waals surface area contributed by atoms with Gasteiger partial charge in [0.15, 0.2) is 5.78 Å². The highest BCUT2D eigenvalue weighted by Gasteiger charge is 2.51. The lowest BCUT2D eigenvalue weighted by Gasteiger charge is -2.39. The summed E-state index contributed by atoms with van der Waals surface area (Å²) in [6, 6.07) is 14.8. The van der Waals surface area contributed by atoms with Gasteiger partial charge in [0.1, 0.15) is 0 Å². The third kappa shape index (κ3) is 5.26. The molecule has 0 radical (unpaired) electrons. The molecular formula is C29H37N3O3. The first-order valence-electron chi connectivity index (χ1n) is 12.4. The highest BCUT2D eigenvalue weighted by atomic mass is 16.2. The minimum atomic E-state index is -0.152. The fourth-order valence-corrected chi connectivity index (χ4v) is 6.24. The Morgan fingerprint density at radius 1 is 0.914 bits per heavy atom. The number of Topliss-reactive ketones (excluding diaryl/α,β-unsaturated/α-hetero) is 1. The number of fused-ring (bicyclic) bond motifs is 2. The van der Waals surface area contributed by atoms with Crippen molar-refractivity contribution < 1.29 is 14.4 Å². The maximum Gasteiger partial charge on any atom is 0.324 e. The molecule has 0 N–H and O–H groups in total. The fourth-order valence-electron chi connectivity index (χ4n) is 6.24. The van der Waals surface area contributed by atoms with E-state index in [1.54, 1.807) is 48.2 Å². The van der Waals surface area contributed by atoms with E-state index in [0.29, 0.717) is 23.7 Å². The van der Waals surface area contributed by atoms with Gasteiger partial charge < -0.3 is 9.80 Å². The van der Waals surface area contributed by atoms with Gasteiger partial charge in [-0.1, -0.05) is 32.9 Å². The Morgan fingerprint density at radius 3 is 2.11 bits per heavy atom. The maximum atomic E-state index is 13.3. The van der Waals surface area contributed by atoms with E-state index in [9.17, 15) is 14.4 Å². The summed E-state index contributed by atoms with van der Waals surface area (Å²) in [4.78, 5) is 43.0. The van der Waals surface area contributed by atoms with E-state index >= 15 is 0 Å². The molecule has 2 aromatic rings. The summed E-state index contributed by atoms with van der Waals surface area (Å²) < 4.78 is 0. The van der Waals surface area contributed by atoms with Crippen LogP contribution >= 0.6 is 0 Å². The summed E-state index contributed by atoms with van der Waals surface area (Å²) >= 11 is 0. The first-order valence-corrected chi connectivity index (χ1v) is 12.4. The Bertz CT molecular complexity index is 1120. The molecule has 1 heterocycles. The standard InChI is InChI=1S/C29H37N3O3/c1-20(33)22-11-13-24(14-12-22)31(6)27(35)30(5)17-21-7-9-23(10-8-21)26(34)32-19-29(4)16-25(32)15-28(2,3)18-29/h7-14,25H,15-19H2,1-6H3. The molecule has 1 saturated carbocycles. The second kappa shape index (κ2) is 9.14. The van der Waals surface area contributed by atoms with Gasteiger partial charge in [0.05, 0.1) is 0 Å². The molecule has 2 aliphatic rings. The zero-order chi connectivity index (χ0) is 25.5. The molecule has 2 atom stereocenters. The first kappa shape index (κ1) is 25.0. The van der Waals surface area contributed by atoms with Crippen molar-refractivity contribution in [2.45, 2.75) is 59.5 Å². The molecule has 1 saturated heterocycles. The minimum Gasteiger partial charge on any atom is -0.335 e. The normalized spacial score (nSPS) is 22.6. The number of likely N-dealkylation sites (tertiary alicyclic amines) is 1. The quantitative estimate of drug-likeness (QED) is 0.528. The van der Waals surface area contributed by atoms with Crippen LogP contribution in [0.25, 0.3) is 0 Å². The van der Waals surface area contributed by atoms with Crippen LogP contribution in [0.2, 0.25) is 0 Å². The maximum absolute atomic E-state index is 13.3. The highest BCUT2D eigenvalue weighted by Crippen LogP contribution is 2.52. The molecule has 6 nitrogen and oxygen atoms in total. The Balaban J connectivity index is 1.38. The number of urea groups is 1. The molecule has 3 amide bonds. The molecule has 2 aromatic carbocycles. The fraction of sp³-hybridized carbons (Fsp3) is 0.483. The van der Waals surface area contributed by atoms with Crippen LogP contribution in [0.1, 0.15) is 73.2 Å². The molecule has 0 aromatic heterocycles. The van der Waals surface area contributed by atoms with Gasteiger partial charge in [-0.25, -0.2) is 4.79 Å². The number of anilines is 1. The smallest absolute Gasteiger partial charge is 0.324 e. The number of ketones is 1. The second-order valence-electron chi connectivity index (χ2n) is 11.6. The lowest BCUT2D eigenvalue weighted by molar-refractivity contribution is 0.0708. The van der Waals surface area contributed by atoms with Gasteiger partial charge in [0.2, 0.25) is 0 Å². The van der Waals surface area contributed by atoms with E-state index in [-0.39, 0.29) is 28.6 Å². The monoisotopic (exact) mass is 475 g/mol. The lowest BCUT2D eigenvalue weighted by Crippen LogP contribution is -2.38. The van der Waals surface area contributed by atoms with Crippen LogP contribution < -0.4 is 4.90 Å². The zero-order valence-corrected chi connectivity index (χ0v) is 21.8. The summed E-state index contributed by atoms with van der Waals surface area (Å²) in [5.74, 6) is 0.108. The second-order valence-corrected chi connectivity index (χ2v) is 11.6. The van der Waals surface area contributed by atoms with Crippen molar-refractivity contribution in [2.24, 2.45) is 10.8 Å². The molecule has 4 rings (SSSR count). The van der Waals surface area contributed by atoms with Crippen LogP contribution in [0.15, 0.2) is 48.5 Å². The van der Waals surface area contributed by atoms with Crippen molar-refractivity contribution in [3.8, 4) is 0 Å². The molecule has 186 valence electrons. The minimum absolute atomic E-state index is 0.00425. The number of benzene rings is 2. The lowest BCUT2D eigenvalue weighted by atomic mass is 9.65. The highest BCUT2D eigenvalue weighted by molar-refractivity contribution is 5.96.